The Morgan fingerprint density at radius 1 is 1.62 bits per heavy atom. The van der Waals surface area contributed by atoms with Crippen LogP contribution in [0.1, 0.15) is 19.2 Å². The van der Waals surface area contributed by atoms with Gasteiger partial charge in [-0.1, -0.05) is 0 Å². The van der Waals surface area contributed by atoms with Crippen molar-refractivity contribution in [1.29, 1.82) is 0 Å². The van der Waals surface area contributed by atoms with Crippen LogP contribution in [0.4, 0.5) is 0 Å². The lowest BCUT2D eigenvalue weighted by Crippen LogP contribution is -2.26. The lowest BCUT2D eigenvalue weighted by molar-refractivity contribution is -0.143. The van der Waals surface area contributed by atoms with Gasteiger partial charge in [-0.2, -0.15) is 0 Å². The molecular weight excluding hydrogens is 323 g/mol. The molecule has 0 aliphatic rings. The topological polar surface area (TPSA) is 61.2 Å². The average molecular weight is 336 g/mol. The standard InChI is InChI=1S/C10H13IN2O3/c1-3-16-9(14)4-5-13-7(2)12-6-8(11)10(13)15/h6H,3-5H2,1-2H3. The predicted molar refractivity (Wildman–Crippen MR) is 67.2 cm³/mol. The molecule has 1 aromatic rings. The zero-order valence-corrected chi connectivity index (χ0v) is 11.4. The van der Waals surface area contributed by atoms with Gasteiger partial charge in [0.25, 0.3) is 5.56 Å². The Bertz CT molecular complexity index is 442. The molecule has 0 fully saturated rings. The molecule has 0 radical (unpaired) electrons. The number of halogens is 1. The summed E-state index contributed by atoms with van der Waals surface area (Å²) in [5.41, 5.74) is -0.114. The Labute approximate surface area is 107 Å². The van der Waals surface area contributed by atoms with E-state index in [1.807, 2.05) is 22.6 Å². The van der Waals surface area contributed by atoms with Crippen LogP contribution in [0.2, 0.25) is 0 Å². The van der Waals surface area contributed by atoms with E-state index in [1.54, 1.807) is 13.8 Å². The van der Waals surface area contributed by atoms with Crippen LogP contribution in [-0.2, 0) is 16.1 Å². The van der Waals surface area contributed by atoms with Gasteiger partial charge in [-0.25, -0.2) is 4.98 Å². The molecular formula is C10H13IN2O3. The minimum absolute atomic E-state index is 0.114. The van der Waals surface area contributed by atoms with Crippen LogP contribution in [0.5, 0.6) is 0 Å². The quantitative estimate of drug-likeness (QED) is 0.611. The van der Waals surface area contributed by atoms with Crippen LogP contribution >= 0.6 is 22.6 Å². The molecule has 0 atom stereocenters. The molecule has 0 aliphatic carbocycles. The third-order valence-electron chi connectivity index (χ3n) is 2.05. The van der Waals surface area contributed by atoms with E-state index in [-0.39, 0.29) is 17.9 Å². The van der Waals surface area contributed by atoms with Gasteiger partial charge in [0, 0.05) is 12.7 Å². The maximum atomic E-state index is 11.7. The second kappa shape index (κ2) is 5.97. The van der Waals surface area contributed by atoms with Gasteiger partial charge < -0.3 is 4.74 Å². The summed E-state index contributed by atoms with van der Waals surface area (Å²) in [6, 6.07) is 0. The maximum Gasteiger partial charge on any atom is 0.307 e. The summed E-state index contributed by atoms with van der Waals surface area (Å²) in [5.74, 6) is 0.308. The highest BCUT2D eigenvalue weighted by Crippen LogP contribution is 1.99. The van der Waals surface area contributed by atoms with Gasteiger partial charge in [0.05, 0.1) is 16.6 Å². The van der Waals surface area contributed by atoms with Crippen molar-refractivity contribution in [1.82, 2.24) is 9.55 Å². The smallest absolute Gasteiger partial charge is 0.307 e. The highest BCUT2D eigenvalue weighted by Gasteiger charge is 2.08. The zero-order chi connectivity index (χ0) is 12.1. The molecule has 16 heavy (non-hydrogen) atoms. The number of rotatable bonds is 4. The van der Waals surface area contributed by atoms with E-state index in [1.165, 1.54) is 10.8 Å². The van der Waals surface area contributed by atoms with Crippen LogP contribution in [0, 0.1) is 10.5 Å². The molecule has 0 saturated heterocycles. The number of esters is 1. The summed E-state index contributed by atoms with van der Waals surface area (Å²) in [5, 5.41) is 0. The highest BCUT2D eigenvalue weighted by molar-refractivity contribution is 14.1. The normalized spacial score (nSPS) is 10.2. The van der Waals surface area contributed by atoms with E-state index in [4.69, 9.17) is 4.74 Å². The van der Waals surface area contributed by atoms with Crippen LogP contribution in [0.3, 0.4) is 0 Å². The van der Waals surface area contributed by atoms with Crippen molar-refractivity contribution < 1.29 is 9.53 Å². The lowest BCUT2D eigenvalue weighted by Gasteiger charge is -2.08. The Hall–Kier alpha value is -0.920. The molecule has 5 nitrogen and oxygen atoms in total. The van der Waals surface area contributed by atoms with Crippen molar-refractivity contribution in [2.75, 3.05) is 6.61 Å². The first-order chi connectivity index (χ1) is 7.56. The van der Waals surface area contributed by atoms with Gasteiger partial charge in [0.15, 0.2) is 0 Å². The summed E-state index contributed by atoms with van der Waals surface area (Å²) in [6.07, 6.45) is 1.72. The first-order valence-electron chi connectivity index (χ1n) is 4.93. The van der Waals surface area contributed by atoms with Gasteiger partial charge in [-0.05, 0) is 36.4 Å². The van der Waals surface area contributed by atoms with Crippen molar-refractivity contribution in [3.63, 3.8) is 0 Å². The molecule has 0 spiro atoms. The maximum absolute atomic E-state index is 11.7. The molecule has 0 N–H and O–H groups in total. The fourth-order valence-electron chi connectivity index (χ4n) is 1.25. The molecule has 6 heteroatoms. The Morgan fingerprint density at radius 3 is 2.94 bits per heavy atom. The van der Waals surface area contributed by atoms with E-state index >= 15 is 0 Å². The number of hydrogen-bond acceptors (Lipinski definition) is 4. The number of ether oxygens (including phenoxy) is 1. The van der Waals surface area contributed by atoms with E-state index < -0.39 is 0 Å². The molecule has 1 rings (SSSR count). The molecule has 88 valence electrons. The summed E-state index contributed by atoms with van der Waals surface area (Å²) < 4.78 is 6.83. The SMILES string of the molecule is CCOC(=O)CCn1c(C)ncc(I)c1=O. The number of nitrogens with zero attached hydrogens (tertiary/aromatic N) is 2. The van der Waals surface area contributed by atoms with Gasteiger partial charge in [-0.3, -0.25) is 14.2 Å². The Morgan fingerprint density at radius 2 is 2.31 bits per heavy atom. The fraction of sp³-hybridized carbons (Fsp3) is 0.500. The van der Waals surface area contributed by atoms with Crippen LogP contribution < -0.4 is 5.56 Å². The average Bonchev–Trinajstić information content (AvgIpc) is 2.24. The first kappa shape index (κ1) is 13.1. The van der Waals surface area contributed by atoms with Crippen molar-refractivity contribution in [2.45, 2.75) is 26.8 Å². The summed E-state index contributed by atoms with van der Waals surface area (Å²) in [4.78, 5) is 27.0. The summed E-state index contributed by atoms with van der Waals surface area (Å²) in [7, 11) is 0. The van der Waals surface area contributed by atoms with Gasteiger partial charge >= 0.3 is 5.97 Å². The number of hydrogen-bond donors (Lipinski definition) is 0. The van der Waals surface area contributed by atoms with Crippen LogP contribution in [0.15, 0.2) is 11.0 Å². The minimum atomic E-state index is -0.298. The number of aryl methyl sites for hydroxylation is 1. The fourth-order valence-corrected chi connectivity index (χ4v) is 1.68. The largest absolute Gasteiger partial charge is 0.466 e. The second-order valence-electron chi connectivity index (χ2n) is 3.17. The van der Waals surface area contributed by atoms with Gasteiger partial charge in [0.1, 0.15) is 5.82 Å². The van der Waals surface area contributed by atoms with E-state index in [0.717, 1.165) is 0 Å². The zero-order valence-electron chi connectivity index (χ0n) is 9.20. The number of carbonyl (C=O) groups excluding carboxylic acids is 1. The van der Waals surface area contributed by atoms with Gasteiger partial charge in [-0.15, -0.1) is 0 Å². The summed E-state index contributed by atoms with van der Waals surface area (Å²) >= 11 is 1.93. The summed E-state index contributed by atoms with van der Waals surface area (Å²) in [6.45, 7) is 4.16. The van der Waals surface area contributed by atoms with E-state index in [0.29, 0.717) is 22.5 Å². The van der Waals surface area contributed by atoms with E-state index in [9.17, 15) is 9.59 Å². The molecule has 0 bridgehead atoms. The van der Waals surface area contributed by atoms with Gasteiger partial charge in [0.2, 0.25) is 0 Å². The Balaban J connectivity index is 2.78. The molecule has 0 aromatic carbocycles. The highest BCUT2D eigenvalue weighted by atomic mass is 127. The van der Waals surface area contributed by atoms with E-state index in [2.05, 4.69) is 4.98 Å². The lowest BCUT2D eigenvalue weighted by atomic mass is 10.4. The molecule has 1 heterocycles. The van der Waals surface area contributed by atoms with Crippen molar-refractivity contribution in [2.24, 2.45) is 0 Å². The third-order valence-corrected chi connectivity index (χ3v) is 2.79. The number of aromatic nitrogens is 2. The van der Waals surface area contributed by atoms with Crippen LogP contribution in [-0.4, -0.2) is 22.1 Å². The molecule has 1 aromatic heterocycles. The van der Waals surface area contributed by atoms with Crippen LogP contribution in [0.25, 0.3) is 0 Å². The van der Waals surface area contributed by atoms with Crippen molar-refractivity contribution in [3.05, 3.63) is 25.9 Å². The Kier molecular flexibility index (Phi) is 4.91. The molecule has 0 aliphatic heterocycles. The first-order valence-corrected chi connectivity index (χ1v) is 6.01. The second-order valence-corrected chi connectivity index (χ2v) is 4.33. The number of carbonyl (C=O) groups is 1. The third kappa shape index (κ3) is 3.29. The molecule has 0 unspecified atom stereocenters. The monoisotopic (exact) mass is 336 g/mol. The minimum Gasteiger partial charge on any atom is -0.466 e. The van der Waals surface area contributed by atoms with Crippen molar-refractivity contribution in [3.8, 4) is 0 Å². The molecule has 0 amide bonds. The predicted octanol–water partition coefficient (Wildman–Crippen LogP) is 1.11. The molecule has 0 saturated carbocycles. The van der Waals surface area contributed by atoms with Crippen molar-refractivity contribution >= 4 is 28.6 Å².